The second-order valence-electron chi connectivity index (χ2n) is 6.63. The maximum atomic E-state index is 12.3. The van der Waals surface area contributed by atoms with Gasteiger partial charge in [0.1, 0.15) is 0 Å². The summed E-state index contributed by atoms with van der Waals surface area (Å²) in [7, 11) is 0. The fourth-order valence-electron chi connectivity index (χ4n) is 2.94. The highest BCUT2D eigenvalue weighted by Gasteiger charge is 2.29. The molecule has 2 heterocycles. The molecule has 1 aromatic carbocycles. The van der Waals surface area contributed by atoms with Crippen molar-refractivity contribution in [2.75, 3.05) is 19.6 Å². The summed E-state index contributed by atoms with van der Waals surface area (Å²) in [5, 5.41) is 6.87. The van der Waals surface area contributed by atoms with Gasteiger partial charge in [0.15, 0.2) is 11.5 Å². The number of aromatic nitrogens is 1. The number of carbonyl (C=O) groups excluding carboxylic acids is 1. The molecule has 5 nitrogen and oxygen atoms in total. The number of hydrogen-bond acceptors (Lipinski definition) is 4. The van der Waals surface area contributed by atoms with Gasteiger partial charge < -0.3 is 9.84 Å². The Morgan fingerprint density at radius 3 is 2.65 bits per heavy atom. The molecule has 2 aromatic rings. The summed E-state index contributed by atoms with van der Waals surface area (Å²) in [6.07, 6.45) is 2.47. The van der Waals surface area contributed by atoms with Gasteiger partial charge in [-0.2, -0.15) is 0 Å². The van der Waals surface area contributed by atoms with Crippen LogP contribution in [0, 0.1) is 0 Å². The van der Waals surface area contributed by atoms with E-state index in [1.165, 1.54) is 12.8 Å². The third-order valence-electron chi connectivity index (χ3n) is 4.44. The summed E-state index contributed by atoms with van der Waals surface area (Å²) in [5.41, 5.74) is 1.19. The van der Waals surface area contributed by atoms with Crippen molar-refractivity contribution in [2.24, 2.45) is 0 Å². The van der Waals surface area contributed by atoms with E-state index in [1.807, 2.05) is 30.3 Å². The summed E-state index contributed by atoms with van der Waals surface area (Å²) in [6.45, 7) is 7.13. The topological polar surface area (TPSA) is 58.4 Å². The molecule has 0 atom stereocenters. The number of hydrogen-bond donors (Lipinski definition) is 1. The number of nitrogens with zero attached hydrogens (tertiary/aromatic N) is 2. The first-order valence-corrected chi connectivity index (χ1v) is 8.12. The molecule has 1 saturated heterocycles. The number of rotatable bonds is 5. The number of carbonyl (C=O) groups is 1. The zero-order valence-corrected chi connectivity index (χ0v) is 13.7. The highest BCUT2D eigenvalue weighted by Crippen LogP contribution is 2.21. The van der Waals surface area contributed by atoms with Crippen molar-refractivity contribution in [3.63, 3.8) is 0 Å². The van der Waals surface area contributed by atoms with Gasteiger partial charge in [0.05, 0.1) is 0 Å². The molecule has 0 radical (unpaired) electrons. The summed E-state index contributed by atoms with van der Waals surface area (Å²) >= 11 is 0. The molecule has 5 heteroatoms. The second kappa shape index (κ2) is 6.54. The maximum absolute atomic E-state index is 12.3. The lowest BCUT2D eigenvalue weighted by molar-refractivity contribution is 0.0893. The molecule has 23 heavy (non-hydrogen) atoms. The fourth-order valence-corrected chi connectivity index (χ4v) is 2.94. The first-order valence-electron chi connectivity index (χ1n) is 8.12. The molecule has 0 bridgehead atoms. The number of benzene rings is 1. The van der Waals surface area contributed by atoms with E-state index in [0.717, 1.165) is 18.7 Å². The smallest absolute Gasteiger partial charge is 0.273 e. The van der Waals surface area contributed by atoms with E-state index in [0.29, 0.717) is 18.0 Å². The van der Waals surface area contributed by atoms with E-state index in [1.54, 1.807) is 6.07 Å². The van der Waals surface area contributed by atoms with E-state index in [4.69, 9.17) is 4.52 Å². The van der Waals surface area contributed by atoms with Crippen LogP contribution in [0.1, 0.15) is 37.2 Å². The molecule has 122 valence electrons. The van der Waals surface area contributed by atoms with Gasteiger partial charge in [0.2, 0.25) is 0 Å². The highest BCUT2D eigenvalue weighted by molar-refractivity contribution is 5.93. The molecular formula is C18H23N3O2. The third-order valence-corrected chi connectivity index (χ3v) is 4.44. The Morgan fingerprint density at radius 2 is 1.96 bits per heavy atom. The van der Waals surface area contributed by atoms with Crippen molar-refractivity contribution in [2.45, 2.75) is 32.2 Å². The van der Waals surface area contributed by atoms with Crippen LogP contribution in [-0.2, 0) is 0 Å². The summed E-state index contributed by atoms with van der Waals surface area (Å²) in [5.74, 6) is 0.415. The predicted molar refractivity (Wildman–Crippen MR) is 89.2 cm³/mol. The van der Waals surface area contributed by atoms with Gasteiger partial charge in [-0.05, 0) is 39.8 Å². The monoisotopic (exact) mass is 313 g/mol. The fraction of sp³-hybridized carbons (Fsp3) is 0.444. The van der Waals surface area contributed by atoms with Crippen LogP contribution in [0.25, 0.3) is 11.3 Å². The van der Waals surface area contributed by atoms with Crippen LogP contribution in [0.3, 0.4) is 0 Å². The largest absolute Gasteiger partial charge is 0.355 e. The first kappa shape index (κ1) is 15.7. The Bertz CT molecular complexity index is 658. The van der Waals surface area contributed by atoms with Gasteiger partial charge in [-0.1, -0.05) is 35.5 Å². The minimum atomic E-state index is -0.191. The van der Waals surface area contributed by atoms with Gasteiger partial charge >= 0.3 is 0 Å². The van der Waals surface area contributed by atoms with Crippen molar-refractivity contribution in [1.29, 1.82) is 0 Å². The van der Waals surface area contributed by atoms with Gasteiger partial charge in [-0.15, -0.1) is 0 Å². The molecule has 1 aromatic heterocycles. The molecular weight excluding hydrogens is 290 g/mol. The van der Waals surface area contributed by atoms with Crippen molar-refractivity contribution < 1.29 is 9.32 Å². The SMILES string of the molecule is CC(C)(CNC(=O)c1cc(-c2ccccc2)on1)N1CCCC1. The van der Waals surface area contributed by atoms with Crippen LogP contribution < -0.4 is 5.32 Å². The molecule has 1 aliphatic heterocycles. The van der Waals surface area contributed by atoms with Crippen LogP contribution in [0.5, 0.6) is 0 Å². The van der Waals surface area contributed by atoms with Gasteiger partial charge in [-0.25, -0.2) is 0 Å². The molecule has 3 rings (SSSR count). The molecule has 0 unspecified atom stereocenters. The molecule has 0 saturated carbocycles. The van der Waals surface area contributed by atoms with Crippen molar-refractivity contribution in [3.05, 3.63) is 42.1 Å². The molecule has 1 N–H and O–H groups in total. The number of nitrogens with one attached hydrogen (secondary N) is 1. The summed E-state index contributed by atoms with van der Waals surface area (Å²) in [4.78, 5) is 14.7. The summed E-state index contributed by atoms with van der Waals surface area (Å²) < 4.78 is 5.28. The lowest BCUT2D eigenvalue weighted by Gasteiger charge is -2.35. The van der Waals surface area contributed by atoms with Crippen LogP contribution in [0.15, 0.2) is 40.9 Å². The zero-order chi connectivity index (χ0) is 16.3. The predicted octanol–water partition coefficient (Wildman–Crippen LogP) is 2.95. The first-order chi connectivity index (χ1) is 11.1. The quantitative estimate of drug-likeness (QED) is 0.922. The lowest BCUT2D eigenvalue weighted by Crippen LogP contribution is -2.50. The molecule has 1 amide bonds. The minimum absolute atomic E-state index is 0.0435. The Labute approximate surface area is 136 Å². The van der Waals surface area contributed by atoms with E-state index >= 15 is 0 Å². The molecule has 0 spiro atoms. The van der Waals surface area contributed by atoms with Gasteiger partial charge in [0.25, 0.3) is 5.91 Å². The van der Waals surface area contributed by atoms with Gasteiger partial charge in [-0.3, -0.25) is 9.69 Å². The number of amides is 1. The summed E-state index contributed by atoms with van der Waals surface area (Å²) in [6, 6.07) is 11.3. The Kier molecular flexibility index (Phi) is 4.48. The van der Waals surface area contributed by atoms with Crippen molar-refractivity contribution in [3.8, 4) is 11.3 Å². The Morgan fingerprint density at radius 1 is 1.26 bits per heavy atom. The van der Waals surface area contributed by atoms with E-state index in [-0.39, 0.29) is 11.4 Å². The van der Waals surface area contributed by atoms with E-state index < -0.39 is 0 Å². The van der Waals surface area contributed by atoms with Crippen molar-refractivity contribution >= 4 is 5.91 Å². The minimum Gasteiger partial charge on any atom is -0.355 e. The molecule has 1 aliphatic rings. The van der Waals surface area contributed by atoms with Crippen LogP contribution >= 0.6 is 0 Å². The average molecular weight is 313 g/mol. The van der Waals surface area contributed by atoms with E-state index in [2.05, 4.69) is 29.2 Å². The highest BCUT2D eigenvalue weighted by atomic mass is 16.5. The average Bonchev–Trinajstić information content (AvgIpc) is 3.25. The zero-order valence-electron chi connectivity index (χ0n) is 13.7. The normalized spacial score (nSPS) is 15.7. The lowest BCUT2D eigenvalue weighted by atomic mass is 10.0. The maximum Gasteiger partial charge on any atom is 0.273 e. The van der Waals surface area contributed by atoms with Crippen LogP contribution in [0.2, 0.25) is 0 Å². The van der Waals surface area contributed by atoms with Crippen LogP contribution in [-0.4, -0.2) is 41.1 Å². The van der Waals surface area contributed by atoms with Gasteiger partial charge in [0, 0.05) is 23.7 Å². The van der Waals surface area contributed by atoms with E-state index in [9.17, 15) is 4.79 Å². The third kappa shape index (κ3) is 3.62. The van der Waals surface area contributed by atoms with Crippen LogP contribution in [0.4, 0.5) is 0 Å². The Hall–Kier alpha value is -2.14. The second-order valence-corrected chi connectivity index (χ2v) is 6.63. The van der Waals surface area contributed by atoms with Crippen molar-refractivity contribution in [1.82, 2.24) is 15.4 Å². The molecule has 0 aliphatic carbocycles. The number of likely N-dealkylation sites (tertiary alicyclic amines) is 1. The standard InChI is InChI=1S/C18H23N3O2/c1-18(2,21-10-6-7-11-21)13-19-17(22)15-12-16(23-20-15)14-8-4-3-5-9-14/h3-5,8-9,12H,6-7,10-11,13H2,1-2H3,(H,19,22). The molecule has 1 fully saturated rings. The Balaban J connectivity index is 1.61.